The molecule has 0 amide bonds. The molecule has 0 aliphatic carbocycles. The fourth-order valence-electron chi connectivity index (χ4n) is 2.46. The zero-order chi connectivity index (χ0) is 15.0. The van der Waals surface area contributed by atoms with Crippen LogP contribution in [-0.4, -0.2) is 19.3 Å². The van der Waals surface area contributed by atoms with Gasteiger partial charge in [0, 0.05) is 18.8 Å². The number of fused-ring (bicyclic) bond motifs is 1. The number of nitrogens with zero attached hydrogens (tertiary/aromatic N) is 2. The lowest BCUT2D eigenvalue weighted by molar-refractivity contribution is 0.393. The molecule has 7 heteroatoms. The summed E-state index contributed by atoms with van der Waals surface area (Å²) in [6.45, 7) is 0.728. The molecule has 2 aromatic rings. The van der Waals surface area contributed by atoms with Crippen molar-refractivity contribution in [1.82, 2.24) is 4.31 Å². The van der Waals surface area contributed by atoms with E-state index in [0.717, 1.165) is 22.5 Å². The van der Waals surface area contributed by atoms with Crippen molar-refractivity contribution >= 4 is 27.0 Å². The lowest BCUT2D eigenvalue weighted by atomic mass is 9.99. The van der Waals surface area contributed by atoms with Crippen molar-refractivity contribution in [2.45, 2.75) is 17.2 Å². The van der Waals surface area contributed by atoms with Crippen LogP contribution < -0.4 is 5.73 Å². The summed E-state index contributed by atoms with van der Waals surface area (Å²) < 4.78 is 26.9. The summed E-state index contributed by atoms with van der Waals surface area (Å²) in [5.41, 5.74) is 8.62. The molecular weight excluding hydrogens is 306 g/mol. The van der Waals surface area contributed by atoms with E-state index in [4.69, 9.17) is 11.0 Å². The molecule has 0 atom stereocenters. The monoisotopic (exact) mass is 319 g/mol. The first-order valence-corrected chi connectivity index (χ1v) is 8.64. The van der Waals surface area contributed by atoms with Gasteiger partial charge in [-0.2, -0.15) is 9.57 Å². The van der Waals surface area contributed by atoms with Crippen molar-refractivity contribution in [2.24, 2.45) is 0 Å². The van der Waals surface area contributed by atoms with Crippen LogP contribution in [0.5, 0.6) is 0 Å². The van der Waals surface area contributed by atoms with Crippen molar-refractivity contribution in [3.8, 4) is 6.07 Å². The summed E-state index contributed by atoms with van der Waals surface area (Å²) >= 11 is 1.00. The van der Waals surface area contributed by atoms with Gasteiger partial charge in [0.15, 0.2) is 0 Å². The Kier molecular flexibility index (Phi) is 3.45. The quantitative estimate of drug-likeness (QED) is 0.857. The maximum Gasteiger partial charge on any atom is 0.252 e. The first kappa shape index (κ1) is 14.1. The Hall–Kier alpha value is -1.88. The molecule has 0 radical (unpaired) electrons. The third-order valence-electron chi connectivity index (χ3n) is 3.55. The van der Waals surface area contributed by atoms with Gasteiger partial charge in [-0.25, -0.2) is 8.42 Å². The number of benzene rings is 1. The van der Waals surface area contributed by atoms with Crippen molar-refractivity contribution < 1.29 is 8.42 Å². The standard InChI is InChI=1S/C14H13N3O2S2/c15-8-11-4-5-14(20-11)21(18,19)17-7-6-12-10(9-17)2-1-3-13(12)16/h1-5H,6-7,9,16H2. The zero-order valence-electron chi connectivity index (χ0n) is 11.1. The van der Waals surface area contributed by atoms with Crippen LogP contribution in [0.2, 0.25) is 0 Å². The molecule has 1 aromatic carbocycles. The van der Waals surface area contributed by atoms with Crippen LogP contribution in [0.3, 0.4) is 0 Å². The number of nitriles is 1. The SMILES string of the molecule is N#Cc1ccc(S(=O)(=O)N2CCc3c(N)cccc3C2)s1. The molecule has 0 unspecified atom stereocenters. The molecule has 0 saturated carbocycles. The first-order chi connectivity index (χ1) is 10.0. The summed E-state index contributed by atoms with van der Waals surface area (Å²) in [5.74, 6) is 0. The van der Waals surface area contributed by atoms with Crippen LogP contribution in [0.25, 0.3) is 0 Å². The van der Waals surface area contributed by atoms with Gasteiger partial charge in [-0.1, -0.05) is 12.1 Å². The van der Waals surface area contributed by atoms with Gasteiger partial charge < -0.3 is 5.73 Å². The lowest BCUT2D eigenvalue weighted by Crippen LogP contribution is -2.35. The average molecular weight is 319 g/mol. The average Bonchev–Trinajstić information content (AvgIpc) is 2.97. The van der Waals surface area contributed by atoms with Crippen LogP contribution in [0, 0.1) is 11.3 Å². The Labute approximate surface area is 127 Å². The molecule has 108 valence electrons. The smallest absolute Gasteiger partial charge is 0.252 e. The maximum atomic E-state index is 12.6. The van der Waals surface area contributed by atoms with Crippen molar-refractivity contribution in [3.05, 3.63) is 46.3 Å². The normalized spacial score (nSPS) is 15.4. The van der Waals surface area contributed by atoms with Crippen molar-refractivity contribution in [1.29, 1.82) is 5.26 Å². The molecule has 2 N–H and O–H groups in total. The van der Waals surface area contributed by atoms with Crippen LogP contribution in [0.1, 0.15) is 16.0 Å². The summed E-state index contributed by atoms with van der Waals surface area (Å²) in [6, 6.07) is 10.6. The highest BCUT2D eigenvalue weighted by Crippen LogP contribution is 2.30. The molecule has 21 heavy (non-hydrogen) atoms. The third-order valence-corrected chi connectivity index (χ3v) is 6.86. The second-order valence-corrected chi connectivity index (χ2v) is 8.05. The Bertz CT molecular complexity index is 834. The Balaban J connectivity index is 1.94. The van der Waals surface area contributed by atoms with E-state index in [1.165, 1.54) is 16.4 Å². The molecule has 1 aromatic heterocycles. The highest BCUT2D eigenvalue weighted by molar-refractivity contribution is 7.91. The number of nitrogen functional groups attached to an aromatic ring is 1. The molecule has 0 spiro atoms. The van der Waals surface area contributed by atoms with E-state index in [9.17, 15) is 8.42 Å². The van der Waals surface area contributed by atoms with Crippen molar-refractivity contribution in [2.75, 3.05) is 12.3 Å². The maximum absolute atomic E-state index is 12.6. The number of thiophene rings is 1. The number of rotatable bonds is 2. The van der Waals surface area contributed by atoms with E-state index >= 15 is 0 Å². The van der Waals surface area contributed by atoms with Crippen LogP contribution >= 0.6 is 11.3 Å². The molecule has 1 aliphatic heterocycles. The number of hydrogen-bond acceptors (Lipinski definition) is 5. The largest absolute Gasteiger partial charge is 0.398 e. The van der Waals surface area contributed by atoms with E-state index < -0.39 is 10.0 Å². The van der Waals surface area contributed by atoms with Crippen LogP contribution in [0.15, 0.2) is 34.5 Å². The topological polar surface area (TPSA) is 87.2 Å². The fourth-order valence-corrected chi connectivity index (χ4v) is 5.14. The predicted molar refractivity (Wildman–Crippen MR) is 81.2 cm³/mol. The van der Waals surface area contributed by atoms with Gasteiger partial charge in [0.2, 0.25) is 0 Å². The molecule has 0 bridgehead atoms. The van der Waals surface area contributed by atoms with Crippen molar-refractivity contribution in [3.63, 3.8) is 0 Å². The number of anilines is 1. The highest BCUT2D eigenvalue weighted by atomic mass is 32.2. The Morgan fingerprint density at radius 1 is 1.29 bits per heavy atom. The molecular formula is C14H13N3O2S2. The number of hydrogen-bond donors (Lipinski definition) is 1. The second kappa shape index (κ2) is 5.15. The predicted octanol–water partition coefficient (Wildman–Crippen LogP) is 1.95. The fraction of sp³-hybridized carbons (Fsp3) is 0.214. The number of nitrogens with two attached hydrogens (primary N) is 1. The molecule has 3 rings (SSSR count). The molecule has 1 aliphatic rings. The summed E-state index contributed by atoms with van der Waals surface area (Å²) in [7, 11) is -3.55. The van der Waals surface area contributed by atoms with Gasteiger partial charge in [-0.05, 0) is 35.7 Å². The second-order valence-electron chi connectivity index (χ2n) is 4.80. The van der Waals surface area contributed by atoms with Gasteiger partial charge in [-0.15, -0.1) is 11.3 Å². The minimum Gasteiger partial charge on any atom is -0.398 e. The minimum atomic E-state index is -3.55. The van der Waals surface area contributed by atoms with E-state index in [2.05, 4.69) is 0 Å². The van der Waals surface area contributed by atoms with Gasteiger partial charge in [-0.3, -0.25) is 0 Å². The van der Waals surface area contributed by atoms with Gasteiger partial charge in [0.05, 0.1) is 0 Å². The zero-order valence-corrected chi connectivity index (χ0v) is 12.7. The Morgan fingerprint density at radius 2 is 2.10 bits per heavy atom. The Morgan fingerprint density at radius 3 is 2.81 bits per heavy atom. The summed E-state index contributed by atoms with van der Waals surface area (Å²) in [6.07, 6.45) is 0.609. The van der Waals surface area contributed by atoms with Gasteiger partial charge in [0.25, 0.3) is 10.0 Å². The lowest BCUT2D eigenvalue weighted by Gasteiger charge is -2.28. The molecule has 2 heterocycles. The van der Waals surface area contributed by atoms with E-state index in [-0.39, 0.29) is 4.21 Å². The van der Waals surface area contributed by atoms with Gasteiger partial charge in [0.1, 0.15) is 15.2 Å². The van der Waals surface area contributed by atoms with E-state index in [1.54, 1.807) is 0 Å². The molecule has 5 nitrogen and oxygen atoms in total. The van der Waals surface area contributed by atoms with Crippen LogP contribution in [0.4, 0.5) is 5.69 Å². The molecule has 0 fully saturated rings. The highest BCUT2D eigenvalue weighted by Gasteiger charge is 2.30. The summed E-state index contributed by atoms with van der Waals surface area (Å²) in [4.78, 5) is 0.398. The molecule has 0 saturated heterocycles. The van der Waals surface area contributed by atoms with E-state index in [1.807, 2.05) is 24.3 Å². The van der Waals surface area contributed by atoms with Crippen LogP contribution in [-0.2, 0) is 23.0 Å². The van der Waals surface area contributed by atoms with E-state index in [0.29, 0.717) is 30.1 Å². The third kappa shape index (κ3) is 2.42. The minimum absolute atomic E-state index is 0.214. The summed E-state index contributed by atoms with van der Waals surface area (Å²) in [5, 5.41) is 8.83. The van der Waals surface area contributed by atoms with Gasteiger partial charge >= 0.3 is 0 Å². The number of sulfonamides is 1. The first-order valence-electron chi connectivity index (χ1n) is 6.38.